The highest BCUT2D eigenvalue weighted by atomic mass is 32.2. The zero-order valence-corrected chi connectivity index (χ0v) is 12.3. The van der Waals surface area contributed by atoms with Gasteiger partial charge in [0.25, 0.3) is 0 Å². The summed E-state index contributed by atoms with van der Waals surface area (Å²) in [5.41, 5.74) is -0.0871. The lowest BCUT2D eigenvalue weighted by molar-refractivity contribution is -0.122. The molecule has 1 aliphatic rings. The van der Waals surface area contributed by atoms with Gasteiger partial charge in [-0.15, -0.1) is 0 Å². The van der Waals surface area contributed by atoms with E-state index in [1.165, 1.54) is 19.3 Å². The fourth-order valence-electron chi connectivity index (χ4n) is 2.09. The fourth-order valence-corrected chi connectivity index (χ4v) is 2.88. The second-order valence-corrected chi connectivity index (χ2v) is 6.67. The molecule has 1 aliphatic carbocycles. The van der Waals surface area contributed by atoms with Crippen molar-refractivity contribution < 1.29 is 4.79 Å². The number of hydrogen-bond donors (Lipinski definition) is 2. The number of nitrogens with one attached hydrogen (secondary N) is 2. The predicted molar refractivity (Wildman–Crippen MR) is 75.5 cm³/mol. The molecule has 0 saturated heterocycles. The summed E-state index contributed by atoms with van der Waals surface area (Å²) >= 11 is 1.94. The number of rotatable bonds is 6. The number of hydrogen-bond acceptors (Lipinski definition) is 3. The Morgan fingerprint density at radius 2 is 2.12 bits per heavy atom. The number of amides is 1. The molecule has 0 heterocycles. The summed E-state index contributed by atoms with van der Waals surface area (Å²) < 4.78 is 0. The van der Waals surface area contributed by atoms with Crippen LogP contribution in [0, 0.1) is 0 Å². The molecule has 3 nitrogen and oxygen atoms in total. The summed E-state index contributed by atoms with van der Waals surface area (Å²) in [5, 5.41) is 7.20. The second-order valence-electron chi connectivity index (χ2n) is 5.53. The first-order valence-corrected chi connectivity index (χ1v) is 7.83. The molecule has 1 fully saturated rings. The largest absolute Gasteiger partial charge is 0.350 e. The average Bonchev–Trinajstić information content (AvgIpc) is 2.74. The molecule has 2 N–H and O–H groups in total. The van der Waals surface area contributed by atoms with E-state index in [1.54, 1.807) is 0 Å². The highest BCUT2D eigenvalue weighted by Crippen LogP contribution is 2.27. The maximum absolute atomic E-state index is 11.7. The smallest absolute Gasteiger partial charge is 0.234 e. The standard InChI is InChI=1S/C13H26N2OS/c1-5-13(2,3)15-12(16)9-14-10-6-7-11(8-10)17-4/h10-11,14H,5-9H2,1-4H3,(H,15,16). The number of thioether (sulfide) groups is 1. The molecule has 17 heavy (non-hydrogen) atoms. The minimum atomic E-state index is -0.0871. The van der Waals surface area contributed by atoms with Crippen molar-refractivity contribution in [1.29, 1.82) is 0 Å². The van der Waals surface area contributed by atoms with E-state index in [0.717, 1.165) is 11.7 Å². The van der Waals surface area contributed by atoms with E-state index in [1.807, 2.05) is 11.8 Å². The molecule has 0 aromatic rings. The number of carbonyl (C=O) groups excluding carboxylic acids is 1. The van der Waals surface area contributed by atoms with Gasteiger partial charge >= 0.3 is 0 Å². The van der Waals surface area contributed by atoms with Crippen molar-refractivity contribution in [1.82, 2.24) is 10.6 Å². The van der Waals surface area contributed by atoms with Crippen molar-refractivity contribution in [3.8, 4) is 0 Å². The molecule has 1 saturated carbocycles. The minimum absolute atomic E-state index is 0.0871. The summed E-state index contributed by atoms with van der Waals surface area (Å²) in [4.78, 5) is 11.7. The zero-order valence-electron chi connectivity index (χ0n) is 11.5. The van der Waals surface area contributed by atoms with Crippen LogP contribution in [0.15, 0.2) is 0 Å². The molecule has 0 spiro atoms. The maximum atomic E-state index is 11.7. The van der Waals surface area contributed by atoms with E-state index in [-0.39, 0.29) is 11.4 Å². The molecule has 0 radical (unpaired) electrons. The Hall–Kier alpha value is -0.220. The van der Waals surface area contributed by atoms with Crippen molar-refractivity contribution in [2.75, 3.05) is 12.8 Å². The lowest BCUT2D eigenvalue weighted by Crippen LogP contribution is -2.47. The molecule has 1 amide bonds. The third-order valence-electron chi connectivity index (χ3n) is 3.63. The third kappa shape index (κ3) is 5.30. The zero-order chi connectivity index (χ0) is 12.9. The van der Waals surface area contributed by atoms with Gasteiger partial charge in [-0.2, -0.15) is 11.8 Å². The number of carbonyl (C=O) groups is 1. The van der Waals surface area contributed by atoms with Crippen molar-refractivity contribution >= 4 is 17.7 Å². The highest BCUT2D eigenvalue weighted by Gasteiger charge is 2.24. The third-order valence-corrected chi connectivity index (χ3v) is 4.73. The van der Waals surface area contributed by atoms with E-state index < -0.39 is 0 Å². The van der Waals surface area contributed by atoms with Crippen molar-refractivity contribution in [3.63, 3.8) is 0 Å². The molecule has 4 heteroatoms. The van der Waals surface area contributed by atoms with Crippen LogP contribution in [0.1, 0.15) is 46.5 Å². The molecule has 0 aliphatic heterocycles. The van der Waals surface area contributed by atoms with E-state index in [4.69, 9.17) is 0 Å². The van der Waals surface area contributed by atoms with Gasteiger partial charge in [0.1, 0.15) is 0 Å². The molecule has 2 unspecified atom stereocenters. The molecule has 2 atom stereocenters. The Labute approximate surface area is 109 Å². The van der Waals surface area contributed by atoms with Gasteiger partial charge in [0, 0.05) is 16.8 Å². The van der Waals surface area contributed by atoms with Gasteiger partial charge in [-0.1, -0.05) is 6.92 Å². The summed E-state index contributed by atoms with van der Waals surface area (Å²) in [6.45, 7) is 6.66. The molecule has 0 bridgehead atoms. The summed E-state index contributed by atoms with van der Waals surface area (Å²) in [5.74, 6) is 0.115. The Balaban J connectivity index is 2.21. The Morgan fingerprint density at radius 1 is 1.41 bits per heavy atom. The van der Waals surface area contributed by atoms with E-state index in [0.29, 0.717) is 12.6 Å². The molecule has 100 valence electrons. The van der Waals surface area contributed by atoms with E-state index in [9.17, 15) is 4.79 Å². The molecular weight excluding hydrogens is 232 g/mol. The average molecular weight is 258 g/mol. The Kier molecular flexibility index (Phi) is 5.80. The lowest BCUT2D eigenvalue weighted by atomic mass is 10.0. The van der Waals surface area contributed by atoms with Gasteiger partial charge in [-0.3, -0.25) is 4.79 Å². The van der Waals surface area contributed by atoms with Gasteiger partial charge in [0.05, 0.1) is 6.54 Å². The van der Waals surface area contributed by atoms with Crippen LogP contribution in [-0.4, -0.2) is 35.5 Å². The van der Waals surface area contributed by atoms with E-state index >= 15 is 0 Å². The first-order chi connectivity index (χ1) is 7.96. The van der Waals surface area contributed by atoms with E-state index in [2.05, 4.69) is 37.7 Å². The quantitative estimate of drug-likeness (QED) is 0.767. The van der Waals surface area contributed by atoms with Crippen LogP contribution in [0.5, 0.6) is 0 Å². The first kappa shape index (κ1) is 14.8. The normalized spacial score (nSPS) is 24.9. The molecule has 1 rings (SSSR count). The fraction of sp³-hybridized carbons (Fsp3) is 0.923. The maximum Gasteiger partial charge on any atom is 0.234 e. The van der Waals surface area contributed by atoms with Gasteiger partial charge < -0.3 is 10.6 Å². The topological polar surface area (TPSA) is 41.1 Å². The van der Waals surface area contributed by atoms with Crippen molar-refractivity contribution in [2.24, 2.45) is 0 Å². The highest BCUT2D eigenvalue weighted by molar-refractivity contribution is 7.99. The second kappa shape index (κ2) is 6.64. The SMILES string of the molecule is CCC(C)(C)NC(=O)CNC1CCC(SC)C1. The van der Waals surface area contributed by atoms with Crippen LogP contribution < -0.4 is 10.6 Å². The van der Waals surface area contributed by atoms with Gasteiger partial charge in [0.2, 0.25) is 5.91 Å². The van der Waals surface area contributed by atoms with Crippen molar-refractivity contribution in [3.05, 3.63) is 0 Å². The van der Waals surface area contributed by atoms with Crippen LogP contribution in [0.4, 0.5) is 0 Å². The molecular formula is C13H26N2OS. The monoisotopic (exact) mass is 258 g/mol. The van der Waals surface area contributed by atoms with Crippen LogP contribution in [0.3, 0.4) is 0 Å². The molecule has 0 aromatic heterocycles. The Bertz CT molecular complexity index is 256. The lowest BCUT2D eigenvalue weighted by Gasteiger charge is -2.25. The summed E-state index contributed by atoms with van der Waals surface area (Å²) in [6, 6.07) is 0.530. The van der Waals surface area contributed by atoms with Crippen LogP contribution in [-0.2, 0) is 4.79 Å². The van der Waals surface area contributed by atoms with Gasteiger partial charge in [-0.25, -0.2) is 0 Å². The van der Waals surface area contributed by atoms with Crippen LogP contribution >= 0.6 is 11.8 Å². The van der Waals surface area contributed by atoms with Crippen LogP contribution in [0.2, 0.25) is 0 Å². The van der Waals surface area contributed by atoms with Gasteiger partial charge in [-0.05, 0) is 45.8 Å². The van der Waals surface area contributed by atoms with Gasteiger partial charge in [0.15, 0.2) is 0 Å². The Morgan fingerprint density at radius 3 is 2.65 bits per heavy atom. The van der Waals surface area contributed by atoms with Crippen LogP contribution in [0.25, 0.3) is 0 Å². The summed E-state index contributed by atoms with van der Waals surface area (Å²) in [7, 11) is 0. The van der Waals surface area contributed by atoms with Crippen molar-refractivity contribution in [2.45, 2.75) is 63.3 Å². The first-order valence-electron chi connectivity index (χ1n) is 6.54. The minimum Gasteiger partial charge on any atom is -0.350 e. The summed E-state index contributed by atoms with van der Waals surface area (Å²) in [6.07, 6.45) is 6.81. The molecule has 0 aromatic carbocycles. The predicted octanol–water partition coefficient (Wildman–Crippen LogP) is 2.16.